The molecule has 1 amide bonds. The molecule has 98 valence electrons. The highest BCUT2D eigenvalue weighted by atomic mass is 16.4. The van der Waals surface area contributed by atoms with E-state index in [-0.39, 0.29) is 12.1 Å². The van der Waals surface area contributed by atoms with Gasteiger partial charge < -0.3 is 15.5 Å². The molecule has 3 N–H and O–H groups in total. The van der Waals surface area contributed by atoms with Gasteiger partial charge in [0.25, 0.3) is 0 Å². The van der Waals surface area contributed by atoms with Gasteiger partial charge in [0.15, 0.2) is 0 Å². The summed E-state index contributed by atoms with van der Waals surface area (Å²) < 4.78 is 0. The molecule has 0 spiro atoms. The summed E-state index contributed by atoms with van der Waals surface area (Å²) in [5, 5.41) is 21.2. The molecule has 1 aliphatic carbocycles. The van der Waals surface area contributed by atoms with Crippen molar-refractivity contribution >= 4 is 6.09 Å². The molecular formula is C12H22N2O3. The van der Waals surface area contributed by atoms with Crippen LogP contribution in [0, 0.1) is 0 Å². The summed E-state index contributed by atoms with van der Waals surface area (Å²) in [5.74, 6) is 0. The smallest absolute Gasteiger partial charge is 0.404 e. The first-order valence-corrected chi connectivity index (χ1v) is 6.58. The Bertz CT molecular complexity index is 264. The van der Waals surface area contributed by atoms with Crippen molar-refractivity contribution < 1.29 is 15.0 Å². The molecule has 1 saturated carbocycles. The van der Waals surface area contributed by atoms with Gasteiger partial charge in [0.1, 0.15) is 0 Å². The Labute approximate surface area is 102 Å². The van der Waals surface area contributed by atoms with Gasteiger partial charge in [0, 0.05) is 25.2 Å². The van der Waals surface area contributed by atoms with E-state index >= 15 is 0 Å². The monoisotopic (exact) mass is 242 g/mol. The van der Waals surface area contributed by atoms with E-state index in [9.17, 15) is 9.90 Å². The molecule has 1 saturated heterocycles. The third-order valence-corrected chi connectivity index (χ3v) is 4.02. The molecule has 5 heteroatoms. The predicted octanol–water partition coefficient (Wildman–Crippen LogP) is 1.02. The fraction of sp³-hybridized carbons (Fsp3) is 0.917. The SMILES string of the molecule is O=C(O)NC1CCN(C2CCCCC2O)CC1. The minimum absolute atomic E-state index is 0.0875. The van der Waals surface area contributed by atoms with Crippen LogP contribution in [-0.4, -0.2) is 52.5 Å². The van der Waals surface area contributed by atoms with Crippen LogP contribution in [0.4, 0.5) is 4.79 Å². The Morgan fingerprint density at radius 2 is 1.76 bits per heavy atom. The molecular weight excluding hydrogens is 220 g/mol. The first kappa shape index (κ1) is 12.6. The van der Waals surface area contributed by atoms with Crippen molar-refractivity contribution in [3.63, 3.8) is 0 Å². The lowest BCUT2D eigenvalue weighted by Crippen LogP contribution is -2.52. The highest BCUT2D eigenvalue weighted by Crippen LogP contribution is 2.25. The standard InChI is InChI=1S/C12H22N2O3/c15-11-4-2-1-3-10(11)14-7-5-9(6-8-14)13-12(16)17/h9-11,13,15H,1-8H2,(H,16,17). The zero-order valence-electron chi connectivity index (χ0n) is 10.1. The van der Waals surface area contributed by atoms with Crippen LogP contribution in [0.2, 0.25) is 0 Å². The number of aliphatic hydroxyl groups excluding tert-OH is 1. The predicted molar refractivity (Wildman–Crippen MR) is 64.0 cm³/mol. The molecule has 5 nitrogen and oxygen atoms in total. The minimum atomic E-state index is -0.929. The maximum atomic E-state index is 10.5. The number of nitrogens with zero attached hydrogens (tertiary/aromatic N) is 1. The molecule has 2 fully saturated rings. The topological polar surface area (TPSA) is 72.8 Å². The van der Waals surface area contributed by atoms with Crippen molar-refractivity contribution in [1.82, 2.24) is 10.2 Å². The molecule has 1 heterocycles. The summed E-state index contributed by atoms with van der Waals surface area (Å²) in [5.41, 5.74) is 0. The van der Waals surface area contributed by atoms with E-state index in [1.54, 1.807) is 0 Å². The van der Waals surface area contributed by atoms with E-state index in [4.69, 9.17) is 5.11 Å². The van der Waals surface area contributed by atoms with Crippen molar-refractivity contribution in [3.05, 3.63) is 0 Å². The molecule has 2 aliphatic rings. The lowest BCUT2D eigenvalue weighted by atomic mass is 9.89. The summed E-state index contributed by atoms with van der Waals surface area (Å²) >= 11 is 0. The van der Waals surface area contributed by atoms with Gasteiger partial charge in [-0.25, -0.2) is 4.79 Å². The summed E-state index contributed by atoms with van der Waals surface area (Å²) in [6.45, 7) is 1.79. The Hall–Kier alpha value is -0.810. The first-order valence-electron chi connectivity index (χ1n) is 6.58. The number of nitrogens with one attached hydrogen (secondary N) is 1. The fourth-order valence-electron chi connectivity index (χ4n) is 3.07. The largest absolute Gasteiger partial charge is 0.465 e. The third-order valence-electron chi connectivity index (χ3n) is 4.02. The number of piperidine rings is 1. The lowest BCUT2D eigenvalue weighted by Gasteiger charge is -2.41. The number of carboxylic acid groups (broad SMARTS) is 1. The first-order chi connectivity index (χ1) is 8.16. The second kappa shape index (κ2) is 5.69. The number of hydrogen-bond acceptors (Lipinski definition) is 3. The van der Waals surface area contributed by atoms with E-state index in [1.807, 2.05) is 0 Å². The molecule has 17 heavy (non-hydrogen) atoms. The average molecular weight is 242 g/mol. The maximum Gasteiger partial charge on any atom is 0.404 e. The van der Waals surface area contributed by atoms with Crippen molar-refractivity contribution in [2.24, 2.45) is 0 Å². The molecule has 2 unspecified atom stereocenters. The van der Waals surface area contributed by atoms with E-state index in [0.717, 1.165) is 45.2 Å². The summed E-state index contributed by atoms with van der Waals surface area (Å²) in [7, 11) is 0. The maximum absolute atomic E-state index is 10.5. The summed E-state index contributed by atoms with van der Waals surface area (Å²) in [6, 6.07) is 0.388. The van der Waals surface area contributed by atoms with Gasteiger partial charge in [0.05, 0.1) is 6.10 Å². The number of amides is 1. The van der Waals surface area contributed by atoms with Crippen LogP contribution >= 0.6 is 0 Å². The van der Waals surface area contributed by atoms with Gasteiger partial charge in [-0.3, -0.25) is 4.90 Å². The van der Waals surface area contributed by atoms with Crippen LogP contribution in [0.25, 0.3) is 0 Å². The van der Waals surface area contributed by atoms with Gasteiger partial charge in [0.2, 0.25) is 0 Å². The molecule has 0 aromatic carbocycles. The van der Waals surface area contributed by atoms with Gasteiger partial charge in [-0.2, -0.15) is 0 Å². The fourth-order valence-corrected chi connectivity index (χ4v) is 3.07. The van der Waals surface area contributed by atoms with Crippen LogP contribution < -0.4 is 5.32 Å². The van der Waals surface area contributed by atoms with E-state index in [1.165, 1.54) is 6.42 Å². The third kappa shape index (κ3) is 3.33. The second-order valence-corrected chi connectivity index (χ2v) is 5.18. The van der Waals surface area contributed by atoms with Gasteiger partial charge in [-0.15, -0.1) is 0 Å². The molecule has 0 radical (unpaired) electrons. The Balaban J connectivity index is 1.79. The molecule has 0 aromatic rings. The highest BCUT2D eigenvalue weighted by Gasteiger charge is 2.31. The highest BCUT2D eigenvalue weighted by molar-refractivity contribution is 5.64. The van der Waals surface area contributed by atoms with E-state index in [2.05, 4.69) is 10.2 Å². The number of aliphatic hydroxyl groups is 1. The Morgan fingerprint density at radius 3 is 2.35 bits per heavy atom. The van der Waals surface area contributed by atoms with Crippen molar-refractivity contribution in [2.75, 3.05) is 13.1 Å². The summed E-state index contributed by atoms with van der Waals surface area (Å²) in [4.78, 5) is 12.9. The van der Waals surface area contributed by atoms with Crippen LogP contribution in [0.5, 0.6) is 0 Å². The van der Waals surface area contributed by atoms with Gasteiger partial charge in [-0.05, 0) is 25.7 Å². The molecule has 2 rings (SSSR count). The number of rotatable bonds is 2. The molecule has 0 bridgehead atoms. The Morgan fingerprint density at radius 1 is 1.12 bits per heavy atom. The quantitative estimate of drug-likeness (QED) is 0.676. The number of likely N-dealkylation sites (tertiary alicyclic amines) is 1. The molecule has 1 aliphatic heterocycles. The van der Waals surface area contributed by atoms with Crippen molar-refractivity contribution in [3.8, 4) is 0 Å². The molecule has 2 atom stereocenters. The lowest BCUT2D eigenvalue weighted by molar-refractivity contribution is 0.00739. The van der Waals surface area contributed by atoms with Gasteiger partial charge in [-0.1, -0.05) is 12.8 Å². The van der Waals surface area contributed by atoms with E-state index in [0.29, 0.717) is 6.04 Å². The summed E-state index contributed by atoms with van der Waals surface area (Å²) in [6.07, 6.45) is 4.93. The van der Waals surface area contributed by atoms with Crippen LogP contribution in [0.3, 0.4) is 0 Å². The van der Waals surface area contributed by atoms with Crippen molar-refractivity contribution in [1.29, 1.82) is 0 Å². The number of hydrogen-bond donors (Lipinski definition) is 3. The van der Waals surface area contributed by atoms with Crippen LogP contribution in [-0.2, 0) is 0 Å². The normalized spacial score (nSPS) is 32.3. The van der Waals surface area contributed by atoms with Gasteiger partial charge >= 0.3 is 6.09 Å². The second-order valence-electron chi connectivity index (χ2n) is 5.18. The number of carbonyl (C=O) groups is 1. The Kier molecular flexibility index (Phi) is 4.23. The minimum Gasteiger partial charge on any atom is -0.465 e. The molecule has 0 aromatic heterocycles. The zero-order valence-corrected chi connectivity index (χ0v) is 10.1. The van der Waals surface area contributed by atoms with Crippen LogP contribution in [0.15, 0.2) is 0 Å². The van der Waals surface area contributed by atoms with E-state index < -0.39 is 6.09 Å². The average Bonchev–Trinajstić information content (AvgIpc) is 2.30. The van der Waals surface area contributed by atoms with Crippen LogP contribution in [0.1, 0.15) is 38.5 Å². The zero-order chi connectivity index (χ0) is 12.3. The van der Waals surface area contributed by atoms with Crippen molar-refractivity contribution in [2.45, 2.75) is 56.7 Å².